The van der Waals surface area contributed by atoms with Crippen LogP contribution in [0.2, 0.25) is 0 Å². The fourth-order valence-corrected chi connectivity index (χ4v) is 1.82. The molecule has 0 bridgehead atoms. The van der Waals surface area contributed by atoms with Crippen LogP contribution in [0.1, 0.15) is 18.2 Å². The molecule has 2 heterocycles. The fourth-order valence-electron chi connectivity index (χ4n) is 1.82. The van der Waals surface area contributed by atoms with Crippen molar-refractivity contribution in [1.29, 1.82) is 0 Å². The van der Waals surface area contributed by atoms with E-state index in [0.29, 0.717) is 12.5 Å². The Morgan fingerprint density at radius 3 is 2.89 bits per heavy atom. The minimum absolute atomic E-state index is 0.185. The summed E-state index contributed by atoms with van der Waals surface area (Å²) in [5.41, 5.74) is 2.03. The molecule has 102 valence electrons. The Morgan fingerprint density at radius 2 is 2.21 bits per heavy atom. The van der Waals surface area contributed by atoms with Crippen molar-refractivity contribution in [2.45, 2.75) is 19.9 Å². The van der Waals surface area contributed by atoms with E-state index in [1.165, 1.54) is 0 Å². The van der Waals surface area contributed by atoms with Gasteiger partial charge in [-0.05, 0) is 6.42 Å². The quantitative estimate of drug-likeness (QED) is 0.858. The van der Waals surface area contributed by atoms with Gasteiger partial charge in [0.05, 0.1) is 11.9 Å². The van der Waals surface area contributed by atoms with E-state index in [4.69, 9.17) is 0 Å². The normalized spacial score (nSPS) is 10.5. The zero-order chi connectivity index (χ0) is 13.8. The van der Waals surface area contributed by atoms with E-state index in [0.717, 1.165) is 23.9 Å². The monoisotopic (exact) mass is 264 g/mol. The number of hydrogen-bond donors (Lipinski definition) is 2. The Morgan fingerprint density at radius 1 is 1.42 bits per heavy atom. The molecule has 7 heteroatoms. The maximum absolute atomic E-state index is 13.6. The van der Waals surface area contributed by atoms with Crippen LogP contribution in [0.25, 0.3) is 0 Å². The molecule has 0 unspecified atom stereocenters. The second-order valence-electron chi connectivity index (χ2n) is 4.12. The molecule has 0 aliphatic carbocycles. The van der Waals surface area contributed by atoms with Gasteiger partial charge < -0.3 is 10.6 Å². The number of anilines is 2. The standard InChI is InChI=1S/C12H17FN6/c1-4-10-8(7-19(3)18-10)5-15-11-9(13)6-16-12(14-2)17-11/h6-7H,4-5H2,1-3H3,(H2,14,15,16,17). The summed E-state index contributed by atoms with van der Waals surface area (Å²) in [4.78, 5) is 7.83. The molecular formula is C12H17FN6. The van der Waals surface area contributed by atoms with Gasteiger partial charge in [-0.2, -0.15) is 10.1 Å². The molecule has 0 aliphatic heterocycles. The number of aryl methyl sites for hydroxylation is 2. The maximum Gasteiger partial charge on any atom is 0.224 e. The molecule has 2 rings (SSSR count). The van der Waals surface area contributed by atoms with Gasteiger partial charge >= 0.3 is 0 Å². The molecule has 0 spiro atoms. The summed E-state index contributed by atoms with van der Waals surface area (Å²) < 4.78 is 15.3. The molecule has 0 saturated heterocycles. The topological polar surface area (TPSA) is 67.7 Å². The first-order valence-corrected chi connectivity index (χ1v) is 6.09. The lowest BCUT2D eigenvalue weighted by atomic mass is 10.2. The van der Waals surface area contributed by atoms with Crippen LogP contribution >= 0.6 is 0 Å². The largest absolute Gasteiger partial charge is 0.363 e. The number of hydrogen-bond acceptors (Lipinski definition) is 5. The summed E-state index contributed by atoms with van der Waals surface area (Å²) in [6, 6.07) is 0. The Labute approximate surface area is 111 Å². The highest BCUT2D eigenvalue weighted by atomic mass is 19.1. The average molecular weight is 264 g/mol. The van der Waals surface area contributed by atoms with Crippen molar-refractivity contribution >= 4 is 11.8 Å². The zero-order valence-electron chi connectivity index (χ0n) is 11.2. The molecule has 0 amide bonds. The van der Waals surface area contributed by atoms with Gasteiger partial charge in [-0.1, -0.05) is 6.92 Å². The predicted octanol–water partition coefficient (Wildman–Crippen LogP) is 1.57. The van der Waals surface area contributed by atoms with Gasteiger partial charge in [0, 0.05) is 32.4 Å². The highest BCUT2D eigenvalue weighted by Gasteiger charge is 2.09. The average Bonchev–Trinajstić information content (AvgIpc) is 2.78. The summed E-state index contributed by atoms with van der Waals surface area (Å²) in [6.45, 7) is 2.52. The third kappa shape index (κ3) is 2.98. The summed E-state index contributed by atoms with van der Waals surface area (Å²) in [5, 5.41) is 10.1. The van der Waals surface area contributed by atoms with Gasteiger partial charge in [0.15, 0.2) is 11.6 Å². The van der Waals surface area contributed by atoms with Crippen molar-refractivity contribution in [1.82, 2.24) is 19.7 Å². The van der Waals surface area contributed by atoms with E-state index in [2.05, 4.69) is 25.7 Å². The van der Waals surface area contributed by atoms with Gasteiger partial charge in [0.2, 0.25) is 5.95 Å². The van der Waals surface area contributed by atoms with E-state index in [1.807, 2.05) is 20.2 Å². The first-order valence-electron chi connectivity index (χ1n) is 6.09. The predicted molar refractivity (Wildman–Crippen MR) is 71.4 cm³/mol. The summed E-state index contributed by atoms with van der Waals surface area (Å²) >= 11 is 0. The molecule has 2 N–H and O–H groups in total. The molecule has 0 aliphatic rings. The molecule has 0 aromatic carbocycles. The molecular weight excluding hydrogens is 247 g/mol. The number of nitrogens with zero attached hydrogens (tertiary/aromatic N) is 4. The van der Waals surface area contributed by atoms with Crippen LogP contribution in [0.15, 0.2) is 12.4 Å². The number of halogens is 1. The maximum atomic E-state index is 13.6. The van der Waals surface area contributed by atoms with E-state index < -0.39 is 5.82 Å². The van der Waals surface area contributed by atoms with E-state index in [-0.39, 0.29) is 5.82 Å². The molecule has 2 aromatic heterocycles. The Balaban J connectivity index is 2.13. The number of rotatable bonds is 5. The SMILES string of the molecule is CCc1nn(C)cc1CNc1nc(NC)ncc1F. The van der Waals surface area contributed by atoms with Crippen molar-refractivity contribution in [2.24, 2.45) is 7.05 Å². The number of aromatic nitrogens is 4. The van der Waals surface area contributed by atoms with Crippen LogP contribution < -0.4 is 10.6 Å². The first-order chi connectivity index (χ1) is 9.13. The third-order valence-electron chi connectivity index (χ3n) is 2.74. The fraction of sp³-hybridized carbons (Fsp3) is 0.417. The van der Waals surface area contributed by atoms with E-state index >= 15 is 0 Å². The van der Waals surface area contributed by atoms with Crippen molar-refractivity contribution in [3.05, 3.63) is 29.5 Å². The Bertz CT molecular complexity index is 565. The van der Waals surface area contributed by atoms with Crippen LogP contribution in [0.4, 0.5) is 16.2 Å². The van der Waals surface area contributed by atoms with Crippen molar-refractivity contribution in [3.8, 4) is 0 Å². The van der Waals surface area contributed by atoms with Gasteiger partial charge in [0.1, 0.15) is 0 Å². The molecule has 19 heavy (non-hydrogen) atoms. The molecule has 0 saturated carbocycles. The molecule has 0 radical (unpaired) electrons. The first kappa shape index (κ1) is 13.3. The van der Waals surface area contributed by atoms with E-state index in [9.17, 15) is 4.39 Å². The Hall–Kier alpha value is -2.18. The minimum atomic E-state index is -0.471. The highest BCUT2D eigenvalue weighted by molar-refractivity contribution is 5.41. The van der Waals surface area contributed by atoms with E-state index in [1.54, 1.807) is 11.7 Å². The van der Waals surface area contributed by atoms with Crippen molar-refractivity contribution < 1.29 is 4.39 Å². The summed E-state index contributed by atoms with van der Waals surface area (Å²) in [5.74, 6) is 0.0944. The molecule has 6 nitrogen and oxygen atoms in total. The minimum Gasteiger partial charge on any atom is -0.363 e. The number of nitrogens with one attached hydrogen (secondary N) is 2. The van der Waals surface area contributed by atoms with Gasteiger partial charge in [-0.15, -0.1) is 0 Å². The molecule has 0 atom stereocenters. The molecule has 2 aromatic rings. The smallest absolute Gasteiger partial charge is 0.224 e. The van der Waals surface area contributed by atoms with Gasteiger partial charge in [0.25, 0.3) is 0 Å². The molecule has 0 fully saturated rings. The van der Waals surface area contributed by atoms with Crippen molar-refractivity contribution in [3.63, 3.8) is 0 Å². The van der Waals surface area contributed by atoms with Crippen LogP contribution in [-0.2, 0) is 20.0 Å². The second-order valence-corrected chi connectivity index (χ2v) is 4.12. The second kappa shape index (κ2) is 5.64. The van der Waals surface area contributed by atoms with Gasteiger partial charge in [-0.3, -0.25) is 4.68 Å². The Kier molecular flexibility index (Phi) is 3.94. The zero-order valence-corrected chi connectivity index (χ0v) is 11.2. The lowest BCUT2D eigenvalue weighted by Crippen LogP contribution is -2.07. The van der Waals surface area contributed by atoms with Crippen LogP contribution in [-0.4, -0.2) is 26.8 Å². The van der Waals surface area contributed by atoms with Gasteiger partial charge in [-0.25, -0.2) is 9.37 Å². The summed E-state index contributed by atoms with van der Waals surface area (Å²) in [6.07, 6.45) is 3.90. The lowest BCUT2D eigenvalue weighted by Gasteiger charge is -2.07. The van der Waals surface area contributed by atoms with Crippen LogP contribution in [0.5, 0.6) is 0 Å². The summed E-state index contributed by atoms with van der Waals surface area (Å²) in [7, 11) is 3.56. The third-order valence-corrected chi connectivity index (χ3v) is 2.74. The van der Waals surface area contributed by atoms with Crippen molar-refractivity contribution in [2.75, 3.05) is 17.7 Å². The van der Waals surface area contributed by atoms with Crippen LogP contribution in [0.3, 0.4) is 0 Å². The lowest BCUT2D eigenvalue weighted by molar-refractivity contribution is 0.617. The van der Waals surface area contributed by atoms with Crippen LogP contribution in [0, 0.1) is 5.82 Å². The highest BCUT2D eigenvalue weighted by Crippen LogP contribution is 2.14.